The van der Waals surface area contributed by atoms with E-state index in [1.165, 1.54) is 238 Å². The van der Waals surface area contributed by atoms with E-state index in [1.807, 2.05) is 0 Å². The van der Waals surface area contributed by atoms with Crippen LogP contribution in [0.1, 0.15) is 427 Å². The van der Waals surface area contributed by atoms with Crippen LogP contribution in [0.2, 0.25) is 0 Å². The number of ether oxygens (including phenoxy) is 4. The van der Waals surface area contributed by atoms with Crippen LogP contribution in [0.5, 0.6) is 0 Å². The first kappa shape index (κ1) is 98.1. The van der Waals surface area contributed by atoms with Crippen molar-refractivity contribution in [1.29, 1.82) is 0 Å². The lowest BCUT2D eigenvalue weighted by Gasteiger charge is -2.21. The summed E-state index contributed by atoms with van der Waals surface area (Å²) in [6.45, 7) is 9.61. The summed E-state index contributed by atoms with van der Waals surface area (Å²) in [6.07, 6.45) is 62.7. The molecule has 0 saturated heterocycles. The Balaban J connectivity index is 5.18. The highest BCUT2D eigenvalue weighted by Crippen LogP contribution is 2.45. The molecule has 0 radical (unpaired) electrons. The molecule has 0 fully saturated rings. The van der Waals surface area contributed by atoms with E-state index in [2.05, 4.69) is 41.5 Å². The summed E-state index contributed by atoms with van der Waals surface area (Å²) >= 11 is 0. The lowest BCUT2D eigenvalue weighted by atomic mass is 9.99. The summed E-state index contributed by atoms with van der Waals surface area (Å²) in [5.74, 6) is -0.561. The number of carbonyl (C=O) groups excluding carboxylic acids is 4. The first-order valence-electron chi connectivity index (χ1n) is 42.0. The van der Waals surface area contributed by atoms with Crippen molar-refractivity contribution in [3.8, 4) is 0 Å². The van der Waals surface area contributed by atoms with E-state index < -0.39 is 97.5 Å². The highest BCUT2D eigenvalue weighted by atomic mass is 31.2. The Kier molecular flexibility index (Phi) is 71.2. The van der Waals surface area contributed by atoms with Crippen LogP contribution in [0.25, 0.3) is 0 Å². The molecule has 594 valence electrons. The molecule has 0 aromatic carbocycles. The van der Waals surface area contributed by atoms with Crippen LogP contribution in [0.3, 0.4) is 0 Å². The quantitative estimate of drug-likeness (QED) is 0.0222. The molecule has 0 amide bonds. The van der Waals surface area contributed by atoms with E-state index in [9.17, 15) is 43.2 Å². The van der Waals surface area contributed by atoms with E-state index >= 15 is 0 Å². The van der Waals surface area contributed by atoms with Gasteiger partial charge in [-0.15, -0.1) is 0 Å². The van der Waals surface area contributed by atoms with Gasteiger partial charge in [-0.3, -0.25) is 37.3 Å². The highest BCUT2D eigenvalue weighted by molar-refractivity contribution is 7.47. The molecule has 17 nitrogen and oxygen atoms in total. The molecule has 0 rings (SSSR count). The fourth-order valence-corrected chi connectivity index (χ4v) is 14.1. The highest BCUT2D eigenvalue weighted by Gasteiger charge is 2.30. The molecule has 6 atom stereocenters. The maximum absolute atomic E-state index is 13.1. The van der Waals surface area contributed by atoms with Gasteiger partial charge in [0.1, 0.15) is 19.3 Å². The minimum absolute atomic E-state index is 0.106. The molecule has 0 heterocycles. The number of hydrogen-bond acceptors (Lipinski definition) is 15. The fraction of sp³-hybridized carbons (Fsp3) is 0.951. The topological polar surface area (TPSA) is 237 Å². The molecule has 0 spiro atoms. The molecule has 3 unspecified atom stereocenters. The van der Waals surface area contributed by atoms with Gasteiger partial charge in [-0.1, -0.05) is 375 Å². The Bertz CT molecular complexity index is 1930. The van der Waals surface area contributed by atoms with Gasteiger partial charge in [-0.05, 0) is 37.5 Å². The van der Waals surface area contributed by atoms with Gasteiger partial charge in [0.2, 0.25) is 0 Å². The number of esters is 4. The maximum Gasteiger partial charge on any atom is 0.472 e. The predicted octanol–water partition coefficient (Wildman–Crippen LogP) is 24.3. The normalized spacial score (nSPS) is 14.2. The molecule has 0 saturated carbocycles. The largest absolute Gasteiger partial charge is 0.472 e. The summed E-state index contributed by atoms with van der Waals surface area (Å²) in [5, 5.41) is 10.6. The van der Waals surface area contributed by atoms with Crippen LogP contribution in [0, 0.1) is 11.8 Å². The number of phosphoric ester groups is 2. The van der Waals surface area contributed by atoms with E-state index in [4.69, 9.17) is 37.0 Å². The second-order valence-corrected chi connectivity index (χ2v) is 32.8. The summed E-state index contributed by atoms with van der Waals surface area (Å²) in [6, 6.07) is 0. The van der Waals surface area contributed by atoms with E-state index in [0.29, 0.717) is 31.6 Å². The molecular formula is C81H158O17P2. The number of aliphatic hydroxyl groups is 1. The van der Waals surface area contributed by atoms with E-state index in [0.717, 1.165) is 102 Å². The Labute approximate surface area is 613 Å². The number of hydrogen-bond donors (Lipinski definition) is 3. The third kappa shape index (κ3) is 73.0. The Morgan fingerprint density at radius 3 is 0.760 bits per heavy atom. The summed E-state index contributed by atoms with van der Waals surface area (Å²) in [4.78, 5) is 72.9. The predicted molar refractivity (Wildman–Crippen MR) is 409 cm³/mol. The molecule has 0 aromatic rings. The zero-order chi connectivity index (χ0) is 73.5. The van der Waals surface area contributed by atoms with Gasteiger partial charge in [0.25, 0.3) is 0 Å². The lowest BCUT2D eigenvalue weighted by molar-refractivity contribution is -0.161. The molecule has 0 aliphatic rings. The number of aliphatic hydroxyl groups excluding tert-OH is 1. The van der Waals surface area contributed by atoms with Crippen LogP contribution >= 0.6 is 15.6 Å². The van der Waals surface area contributed by atoms with Crippen molar-refractivity contribution in [1.82, 2.24) is 0 Å². The molecule has 3 N–H and O–H groups in total. The van der Waals surface area contributed by atoms with Crippen molar-refractivity contribution in [3.05, 3.63) is 0 Å². The molecule has 100 heavy (non-hydrogen) atoms. The van der Waals surface area contributed by atoms with Crippen molar-refractivity contribution in [2.24, 2.45) is 11.8 Å². The average Bonchev–Trinajstić information content (AvgIpc) is 0.935. The van der Waals surface area contributed by atoms with Crippen molar-refractivity contribution < 1.29 is 80.2 Å². The Morgan fingerprint density at radius 1 is 0.290 bits per heavy atom. The minimum Gasteiger partial charge on any atom is -0.462 e. The second kappa shape index (κ2) is 72.6. The van der Waals surface area contributed by atoms with Gasteiger partial charge >= 0.3 is 39.5 Å². The summed E-state index contributed by atoms with van der Waals surface area (Å²) in [5.41, 5.74) is 0. The van der Waals surface area contributed by atoms with Gasteiger partial charge in [0, 0.05) is 25.7 Å². The zero-order valence-electron chi connectivity index (χ0n) is 65.5. The van der Waals surface area contributed by atoms with Crippen molar-refractivity contribution in [2.75, 3.05) is 39.6 Å². The average molecular weight is 1470 g/mol. The fourth-order valence-electron chi connectivity index (χ4n) is 12.5. The third-order valence-electron chi connectivity index (χ3n) is 19.3. The summed E-state index contributed by atoms with van der Waals surface area (Å²) < 4.78 is 68.6. The molecule has 0 bridgehead atoms. The van der Waals surface area contributed by atoms with Crippen LogP contribution in [-0.4, -0.2) is 96.7 Å². The van der Waals surface area contributed by atoms with Crippen LogP contribution in [0.4, 0.5) is 0 Å². The van der Waals surface area contributed by atoms with Crippen molar-refractivity contribution >= 4 is 39.5 Å². The van der Waals surface area contributed by atoms with E-state index in [-0.39, 0.29) is 25.7 Å². The summed E-state index contributed by atoms with van der Waals surface area (Å²) in [7, 11) is -9.91. The lowest BCUT2D eigenvalue weighted by Crippen LogP contribution is -2.30. The van der Waals surface area contributed by atoms with Gasteiger partial charge in [-0.25, -0.2) is 9.13 Å². The molecular weight excluding hydrogens is 1310 g/mol. The van der Waals surface area contributed by atoms with Crippen molar-refractivity contribution in [2.45, 2.75) is 445 Å². The monoisotopic (exact) mass is 1470 g/mol. The maximum atomic E-state index is 13.1. The molecule has 0 aromatic heterocycles. The zero-order valence-corrected chi connectivity index (χ0v) is 67.3. The molecule has 19 heteroatoms. The SMILES string of the molecule is CCCCCCCCCCCCCCCCCCCCC(=O)OC[C@H](COP(=O)(O)OC[C@@H](O)COP(=O)(O)OC[C@@H](COC(=O)CCCCCCCCC(C)C)OC(=O)CCCCCCCCCCCCC)OC(=O)CCCCCCCCCCCCCCCCCCCCC(C)CC. The number of phosphoric acid groups is 2. The Morgan fingerprint density at radius 2 is 0.510 bits per heavy atom. The van der Waals surface area contributed by atoms with Gasteiger partial charge in [0.05, 0.1) is 26.4 Å². The number of rotatable bonds is 80. The van der Waals surface area contributed by atoms with Gasteiger partial charge in [0.15, 0.2) is 12.2 Å². The van der Waals surface area contributed by atoms with Crippen LogP contribution in [-0.2, 0) is 65.4 Å². The molecule has 0 aliphatic carbocycles. The smallest absolute Gasteiger partial charge is 0.462 e. The Hall–Kier alpha value is -1.94. The van der Waals surface area contributed by atoms with Gasteiger partial charge in [-0.2, -0.15) is 0 Å². The second-order valence-electron chi connectivity index (χ2n) is 29.9. The van der Waals surface area contributed by atoms with E-state index in [1.54, 1.807) is 0 Å². The first-order chi connectivity index (χ1) is 48.4. The minimum atomic E-state index is -4.96. The number of unbranched alkanes of at least 4 members (excludes halogenated alkanes) is 49. The van der Waals surface area contributed by atoms with Crippen LogP contribution in [0.15, 0.2) is 0 Å². The van der Waals surface area contributed by atoms with Crippen molar-refractivity contribution in [3.63, 3.8) is 0 Å². The molecule has 0 aliphatic heterocycles. The number of carbonyl (C=O) groups is 4. The standard InChI is InChI=1S/C81H158O17P2/c1-7-10-12-14-16-18-20-21-22-23-27-30-33-37-40-44-51-57-63-78(83)91-69-76(97-81(86)66-60-54-46-42-38-34-31-28-25-24-26-29-32-36-39-43-50-56-62-74(6)9-3)71-95-99(87,88)93-67-75(82)68-94-100(89,90)96-72-77(70-92-79(84)64-58-52-48-47-49-55-61-73(4)5)98-80(85)65-59-53-45-41-35-19-17-15-13-11-8-2/h73-77,82H,7-72H2,1-6H3,(H,87,88)(H,89,90)/t74?,75-,76-,77-/m1/s1. The first-order valence-corrected chi connectivity index (χ1v) is 45.0. The van der Waals surface area contributed by atoms with Crippen LogP contribution < -0.4 is 0 Å². The van der Waals surface area contributed by atoms with Gasteiger partial charge < -0.3 is 33.8 Å². The third-order valence-corrected chi connectivity index (χ3v) is 21.2.